The second kappa shape index (κ2) is 3.67. The van der Waals surface area contributed by atoms with Crippen LogP contribution in [0.4, 0.5) is 0 Å². The number of rotatable bonds is 2. The zero-order valence-electron chi connectivity index (χ0n) is 5.07. The van der Waals surface area contributed by atoms with Crippen molar-refractivity contribution >= 4 is 16.8 Å². The van der Waals surface area contributed by atoms with Crippen LogP contribution in [0.3, 0.4) is 0 Å². The smallest absolute Gasteiger partial charge is 0.245 e. The van der Waals surface area contributed by atoms with Crippen LogP contribution in [0.2, 0.25) is 0 Å². The Labute approximate surface area is 54.3 Å². The van der Waals surface area contributed by atoms with Crippen LogP contribution in [0.1, 0.15) is 20.3 Å². The second-order valence-corrected chi connectivity index (χ2v) is 2.02. The molecule has 0 saturated heterocycles. The van der Waals surface area contributed by atoms with E-state index in [1.54, 1.807) is 0 Å². The van der Waals surface area contributed by atoms with E-state index in [0.29, 0.717) is 0 Å². The second-order valence-electron chi connectivity index (χ2n) is 1.65. The Morgan fingerprint density at radius 2 is 2.25 bits per heavy atom. The molecule has 0 unspecified atom stereocenters. The lowest BCUT2D eigenvalue weighted by atomic mass is 10.2. The van der Waals surface area contributed by atoms with Crippen LogP contribution in [0.5, 0.6) is 0 Å². The summed E-state index contributed by atoms with van der Waals surface area (Å²) in [5, 5.41) is -0.385. The molecule has 0 spiro atoms. The lowest BCUT2D eigenvalue weighted by molar-refractivity contribution is -0.107. The highest BCUT2D eigenvalue weighted by Gasteiger charge is 1.87. The summed E-state index contributed by atoms with van der Waals surface area (Å²) in [6.07, 6.45) is 2.32. The SMILES string of the molecule is CCC(C)=CC(=O)Cl. The van der Waals surface area contributed by atoms with Gasteiger partial charge < -0.3 is 0 Å². The highest BCUT2D eigenvalue weighted by atomic mass is 35.5. The van der Waals surface area contributed by atoms with Gasteiger partial charge in [0.15, 0.2) is 0 Å². The summed E-state index contributed by atoms with van der Waals surface area (Å²) in [6.45, 7) is 3.85. The van der Waals surface area contributed by atoms with E-state index in [4.69, 9.17) is 11.6 Å². The molecular weight excluding hydrogens is 124 g/mol. The third kappa shape index (κ3) is 3.88. The Balaban J connectivity index is 3.75. The molecule has 1 nitrogen and oxygen atoms in total. The van der Waals surface area contributed by atoms with E-state index in [2.05, 4.69) is 0 Å². The Hall–Kier alpha value is -0.300. The fourth-order valence-corrected chi connectivity index (χ4v) is 0.482. The van der Waals surface area contributed by atoms with Gasteiger partial charge in [0.2, 0.25) is 5.24 Å². The first-order chi connectivity index (χ1) is 3.66. The number of hydrogen-bond acceptors (Lipinski definition) is 1. The zero-order chi connectivity index (χ0) is 6.57. The Bertz CT molecular complexity index is 116. The van der Waals surface area contributed by atoms with Crippen molar-refractivity contribution in [3.63, 3.8) is 0 Å². The van der Waals surface area contributed by atoms with Gasteiger partial charge in [-0.25, -0.2) is 0 Å². The van der Waals surface area contributed by atoms with E-state index in [0.717, 1.165) is 12.0 Å². The number of hydrogen-bond donors (Lipinski definition) is 0. The van der Waals surface area contributed by atoms with Gasteiger partial charge in [-0.2, -0.15) is 0 Å². The van der Waals surface area contributed by atoms with Crippen molar-refractivity contribution in [1.82, 2.24) is 0 Å². The normalized spacial score (nSPS) is 11.6. The van der Waals surface area contributed by atoms with Crippen LogP contribution < -0.4 is 0 Å². The predicted molar refractivity (Wildman–Crippen MR) is 34.9 cm³/mol. The summed E-state index contributed by atoms with van der Waals surface area (Å²) >= 11 is 5.04. The molecule has 0 bridgehead atoms. The van der Waals surface area contributed by atoms with Crippen molar-refractivity contribution in [1.29, 1.82) is 0 Å². The number of carbonyl (C=O) groups is 1. The molecular formula is C6H9ClO. The Morgan fingerprint density at radius 3 is 2.38 bits per heavy atom. The van der Waals surface area contributed by atoms with Crippen molar-refractivity contribution in [2.24, 2.45) is 0 Å². The molecule has 0 aromatic carbocycles. The predicted octanol–water partition coefficient (Wildman–Crippen LogP) is 2.11. The summed E-state index contributed by atoms with van der Waals surface area (Å²) in [7, 11) is 0. The molecule has 0 heterocycles. The van der Waals surface area contributed by atoms with Crippen molar-refractivity contribution in [2.45, 2.75) is 20.3 Å². The Morgan fingerprint density at radius 1 is 1.75 bits per heavy atom. The maximum Gasteiger partial charge on any atom is 0.245 e. The monoisotopic (exact) mass is 132 g/mol. The maximum atomic E-state index is 10.1. The minimum Gasteiger partial charge on any atom is -0.276 e. The molecule has 0 aliphatic rings. The molecule has 0 aliphatic carbocycles. The molecule has 0 aromatic heterocycles. The van der Waals surface area contributed by atoms with Crippen LogP contribution in [-0.2, 0) is 4.79 Å². The van der Waals surface area contributed by atoms with E-state index in [1.807, 2.05) is 13.8 Å². The van der Waals surface area contributed by atoms with Crippen molar-refractivity contribution in [3.05, 3.63) is 11.6 Å². The summed E-state index contributed by atoms with van der Waals surface area (Å²) in [6, 6.07) is 0. The van der Waals surface area contributed by atoms with Crippen molar-refractivity contribution in [2.75, 3.05) is 0 Å². The van der Waals surface area contributed by atoms with Gasteiger partial charge in [-0.3, -0.25) is 4.79 Å². The average molecular weight is 133 g/mol. The highest BCUT2D eigenvalue weighted by Crippen LogP contribution is 1.98. The molecule has 0 saturated carbocycles. The average Bonchev–Trinajstić information content (AvgIpc) is 1.65. The first-order valence-corrected chi connectivity index (χ1v) is 2.91. The summed E-state index contributed by atoms with van der Waals surface area (Å²) < 4.78 is 0. The number of carbonyl (C=O) groups excluding carboxylic acids is 1. The first-order valence-electron chi connectivity index (χ1n) is 2.53. The fraction of sp³-hybridized carbons (Fsp3) is 0.500. The molecule has 0 aliphatic heterocycles. The number of halogens is 1. The van der Waals surface area contributed by atoms with Crippen LogP contribution >= 0.6 is 11.6 Å². The van der Waals surface area contributed by atoms with Crippen LogP contribution in [0, 0.1) is 0 Å². The van der Waals surface area contributed by atoms with Crippen LogP contribution in [0.25, 0.3) is 0 Å². The van der Waals surface area contributed by atoms with Gasteiger partial charge in [-0.15, -0.1) is 0 Å². The third-order valence-corrected chi connectivity index (χ3v) is 1.03. The van der Waals surface area contributed by atoms with Gasteiger partial charge in [-0.1, -0.05) is 12.5 Å². The summed E-state index contributed by atoms with van der Waals surface area (Å²) in [5.74, 6) is 0. The van der Waals surface area contributed by atoms with Crippen molar-refractivity contribution in [3.8, 4) is 0 Å². The van der Waals surface area contributed by atoms with Crippen LogP contribution in [-0.4, -0.2) is 5.24 Å². The minimum absolute atomic E-state index is 0.385. The summed E-state index contributed by atoms with van der Waals surface area (Å²) in [4.78, 5) is 10.1. The number of allylic oxidation sites excluding steroid dienone is 2. The maximum absolute atomic E-state index is 10.1. The van der Waals surface area contributed by atoms with E-state index >= 15 is 0 Å². The zero-order valence-corrected chi connectivity index (χ0v) is 5.83. The van der Waals surface area contributed by atoms with Crippen molar-refractivity contribution < 1.29 is 4.79 Å². The van der Waals surface area contributed by atoms with Gasteiger partial charge in [-0.05, 0) is 31.0 Å². The summed E-state index contributed by atoms with van der Waals surface area (Å²) in [5.41, 5.74) is 1.02. The molecule has 0 radical (unpaired) electrons. The van der Waals surface area contributed by atoms with Gasteiger partial charge >= 0.3 is 0 Å². The molecule has 0 aromatic rings. The standard InChI is InChI=1S/C6H9ClO/c1-3-5(2)4-6(7)8/h4H,3H2,1-2H3. The minimum atomic E-state index is -0.385. The molecule has 0 amide bonds. The third-order valence-electron chi connectivity index (χ3n) is 0.918. The van der Waals surface area contributed by atoms with E-state index in [1.165, 1.54) is 6.08 Å². The largest absolute Gasteiger partial charge is 0.276 e. The first kappa shape index (κ1) is 7.70. The molecule has 8 heavy (non-hydrogen) atoms. The lowest BCUT2D eigenvalue weighted by Crippen LogP contribution is -1.79. The van der Waals surface area contributed by atoms with E-state index in [-0.39, 0.29) is 5.24 Å². The molecule has 0 rings (SSSR count). The molecule has 2 heteroatoms. The quantitative estimate of drug-likeness (QED) is 0.416. The van der Waals surface area contributed by atoms with E-state index in [9.17, 15) is 4.79 Å². The topological polar surface area (TPSA) is 17.1 Å². The van der Waals surface area contributed by atoms with Gasteiger partial charge in [0.1, 0.15) is 0 Å². The van der Waals surface area contributed by atoms with Gasteiger partial charge in [0, 0.05) is 0 Å². The molecule has 0 atom stereocenters. The molecule has 0 fully saturated rings. The fourth-order valence-electron chi connectivity index (χ4n) is 0.296. The van der Waals surface area contributed by atoms with E-state index < -0.39 is 0 Å². The molecule has 46 valence electrons. The van der Waals surface area contributed by atoms with Crippen LogP contribution in [0.15, 0.2) is 11.6 Å². The van der Waals surface area contributed by atoms with Gasteiger partial charge in [0.05, 0.1) is 0 Å². The molecule has 0 N–H and O–H groups in total. The Kier molecular flexibility index (Phi) is 3.53. The highest BCUT2D eigenvalue weighted by molar-refractivity contribution is 6.66. The van der Waals surface area contributed by atoms with Gasteiger partial charge in [0.25, 0.3) is 0 Å². The lowest BCUT2D eigenvalue weighted by Gasteiger charge is -1.87.